The lowest BCUT2D eigenvalue weighted by Crippen LogP contribution is -2.50. The van der Waals surface area contributed by atoms with Gasteiger partial charge in [0.25, 0.3) is 0 Å². The van der Waals surface area contributed by atoms with Crippen molar-refractivity contribution < 1.29 is 9.90 Å². The van der Waals surface area contributed by atoms with Crippen LogP contribution in [0.15, 0.2) is 18.5 Å². The van der Waals surface area contributed by atoms with Gasteiger partial charge in [-0.15, -0.1) is 0 Å². The molecule has 0 bridgehead atoms. The number of amides is 1. The van der Waals surface area contributed by atoms with Gasteiger partial charge in [-0.2, -0.15) is 0 Å². The average Bonchev–Trinajstić information content (AvgIpc) is 2.60. The van der Waals surface area contributed by atoms with Crippen molar-refractivity contribution in [3.05, 3.63) is 24.0 Å². The Morgan fingerprint density at radius 2 is 1.81 bits per heavy atom. The zero-order chi connectivity index (χ0) is 19.1. The molecule has 1 N–H and O–H groups in total. The van der Waals surface area contributed by atoms with Gasteiger partial charge in [-0.1, -0.05) is 0 Å². The molecule has 26 heavy (non-hydrogen) atoms. The van der Waals surface area contributed by atoms with Gasteiger partial charge in [-0.25, -0.2) is 9.97 Å². The van der Waals surface area contributed by atoms with Crippen molar-refractivity contribution in [2.24, 2.45) is 0 Å². The van der Waals surface area contributed by atoms with Gasteiger partial charge in [0, 0.05) is 77.4 Å². The van der Waals surface area contributed by atoms with E-state index in [0.717, 1.165) is 18.7 Å². The quantitative estimate of drug-likeness (QED) is 0.663. The number of carbonyl (C=O) groups is 1. The van der Waals surface area contributed by atoms with Crippen molar-refractivity contribution in [2.45, 2.75) is 6.10 Å². The summed E-state index contributed by atoms with van der Waals surface area (Å²) in [5.41, 5.74) is 0.800. The van der Waals surface area contributed by atoms with Crippen LogP contribution in [0.5, 0.6) is 0 Å². The Bertz CT molecular complexity index is 594. The van der Waals surface area contributed by atoms with E-state index in [-0.39, 0.29) is 12.0 Å². The van der Waals surface area contributed by atoms with Crippen LogP contribution >= 0.6 is 0 Å². The molecular weight excluding hydrogens is 332 g/mol. The van der Waals surface area contributed by atoms with Gasteiger partial charge in [0.05, 0.1) is 6.10 Å². The summed E-state index contributed by atoms with van der Waals surface area (Å²) in [4.78, 5) is 28.6. The molecule has 144 valence electrons. The lowest BCUT2D eigenvalue weighted by molar-refractivity contribution is -0.127. The zero-order valence-corrected chi connectivity index (χ0v) is 16.2. The lowest BCUT2D eigenvalue weighted by atomic mass is 10.2. The summed E-state index contributed by atoms with van der Waals surface area (Å²) in [5, 5.41) is 10.0. The summed E-state index contributed by atoms with van der Waals surface area (Å²) in [5.74, 6) is 0.635. The highest BCUT2D eigenvalue weighted by Gasteiger charge is 2.21. The molecule has 1 amide bonds. The van der Waals surface area contributed by atoms with Gasteiger partial charge in [0.1, 0.15) is 0 Å². The number of piperazine rings is 1. The number of nitrogens with zero attached hydrogens (tertiary/aromatic N) is 6. The third-order valence-corrected chi connectivity index (χ3v) is 4.21. The maximum atomic E-state index is 12.3. The Kier molecular flexibility index (Phi) is 7.50. The number of hydrogen-bond donors (Lipinski definition) is 1. The van der Waals surface area contributed by atoms with Gasteiger partial charge in [-0.05, 0) is 20.2 Å². The molecular formula is C18H30N6O2. The minimum absolute atomic E-state index is 0.00447. The molecule has 0 spiro atoms. The minimum Gasteiger partial charge on any atom is -0.390 e. The highest BCUT2D eigenvalue weighted by atomic mass is 16.3. The molecule has 8 heteroatoms. The molecule has 0 aromatic carbocycles. The molecule has 1 saturated heterocycles. The van der Waals surface area contributed by atoms with Gasteiger partial charge in [-0.3, -0.25) is 9.69 Å². The Labute approximate surface area is 155 Å². The predicted octanol–water partition coefficient (Wildman–Crippen LogP) is -0.377. The van der Waals surface area contributed by atoms with Crippen molar-refractivity contribution in [1.82, 2.24) is 24.7 Å². The van der Waals surface area contributed by atoms with E-state index in [0.29, 0.717) is 32.1 Å². The highest BCUT2D eigenvalue weighted by Crippen LogP contribution is 2.07. The Balaban J connectivity index is 1.79. The standard InChI is InChI=1S/C18H30N6O2/c1-21(2)13-16(25)14-23-7-9-24(10-8-23)17(26)6-5-15-11-19-18(20-12-15)22(3)4/h5-6,11-12,16,25H,7-10,13-14H2,1-4H3. The minimum atomic E-state index is -0.364. The molecule has 0 saturated carbocycles. The highest BCUT2D eigenvalue weighted by molar-refractivity contribution is 5.91. The van der Waals surface area contributed by atoms with Crippen LogP contribution in [0.25, 0.3) is 6.08 Å². The first-order valence-electron chi connectivity index (χ1n) is 8.86. The molecule has 1 aromatic heterocycles. The van der Waals surface area contributed by atoms with Gasteiger partial charge in [0.2, 0.25) is 11.9 Å². The number of aliphatic hydroxyl groups excluding tert-OH is 1. The molecule has 0 radical (unpaired) electrons. The van der Waals surface area contributed by atoms with Crippen LogP contribution in [0.4, 0.5) is 5.95 Å². The second-order valence-electron chi connectivity index (χ2n) is 7.09. The van der Waals surface area contributed by atoms with E-state index in [9.17, 15) is 9.90 Å². The number of carbonyl (C=O) groups excluding carboxylic acids is 1. The number of β-amino-alcohol motifs (C(OH)–C–C–N with tert-alkyl or cyclic N) is 1. The van der Waals surface area contributed by atoms with Crippen LogP contribution in [0.3, 0.4) is 0 Å². The van der Waals surface area contributed by atoms with Gasteiger partial charge >= 0.3 is 0 Å². The summed E-state index contributed by atoms with van der Waals surface area (Å²) in [6.45, 7) is 4.21. The molecule has 2 heterocycles. The zero-order valence-electron chi connectivity index (χ0n) is 16.2. The first-order chi connectivity index (χ1) is 12.3. The van der Waals surface area contributed by atoms with E-state index in [1.807, 2.05) is 42.9 Å². The smallest absolute Gasteiger partial charge is 0.246 e. The molecule has 2 rings (SSSR count). The van der Waals surface area contributed by atoms with E-state index >= 15 is 0 Å². The summed E-state index contributed by atoms with van der Waals surface area (Å²) in [7, 11) is 7.66. The molecule has 1 aliphatic rings. The normalized spacial score (nSPS) is 17.1. The topological polar surface area (TPSA) is 76.0 Å². The maximum absolute atomic E-state index is 12.3. The molecule has 0 aliphatic carbocycles. The molecule has 8 nitrogen and oxygen atoms in total. The van der Waals surface area contributed by atoms with Crippen molar-refractivity contribution in [3.8, 4) is 0 Å². The number of likely N-dealkylation sites (N-methyl/N-ethyl adjacent to an activating group) is 1. The first-order valence-corrected chi connectivity index (χ1v) is 8.86. The molecule has 1 aliphatic heterocycles. The fraction of sp³-hybridized carbons (Fsp3) is 0.611. The number of aromatic nitrogens is 2. The maximum Gasteiger partial charge on any atom is 0.246 e. The summed E-state index contributed by atoms with van der Waals surface area (Å²) >= 11 is 0. The van der Waals surface area contributed by atoms with Gasteiger partial charge in [0.15, 0.2) is 0 Å². The second kappa shape index (κ2) is 9.61. The lowest BCUT2D eigenvalue weighted by Gasteiger charge is -2.35. The van der Waals surface area contributed by atoms with E-state index in [4.69, 9.17) is 0 Å². The first kappa shape index (κ1) is 20.3. The van der Waals surface area contributed by atoms with Crippen LogP contribution in [-0.2, 0) is 4.79 Å². The van der Waals surface area contributed by atoms with E-state index in [1.54, 1.807) is 24.5 Å². The monoisotopic (exact) mass is 362 g/mol. The molecule has 1 fully saturated rings. The van der Waals surface area contributed by atoms with E-state index in [1.165, 1.54) is 0 Å². The largest absolute Gasteiger partial charge is 0.390 e. The van der Waals surface area contributed by atoms with E-state index in [2.05, 4.69) is 14.9 Å². The van der Waals surface area contributed by atoms with Crippen LogP contribution in [-0.4, -0.2) is 109 Å². The van der Waals surface area contributed by atoms with Crippen molar-refractivity contribution in [3.63, 3.8) is 0 Å². The fourth-order valence-electron chi connectivity index (χ4n) is 2.85. The number of hydrogen-bond acceptors (Lipinski definition) is 7. The Morgan fingerprint density at radius 1 is 1.19 bits per heavy atom. The number of anilines is 1. The van der Waals surface area contributed by atoms with Crippen molar-refractivity contribution in [2.75, 3.05) is 72.4 Å². The fourth-order valence-corrected chi connectivity index (χ4v) is 2.85. The van der Waals surface area contributed by atoms with E-state index < -0.39 is 0 Å². The van der Waals surface area contributed by atoms with Crippen LogP contribution in [0.1, 0.15) is 5.56 Å². The average molecular weight is 362 g/mol. The SMILES string of the molecule is CN(C)CC(O)CN1CCN(C(=O)C=Cc2cnc(N(C)C)nc2)CC1. The summed E-state index contributed by atoms with van der Waals surface area (Å²) in [6.07, 6.45) is 6.36. The second-order valence-corrected chi connectivity index (χ2v) is 7.09. The third kappa shape index (κ3) is 6.36. The molecule has 1 atom stereocenters. The molecule has 1 unspecified atom stereocenters. The number of aliphatic hydroxyl groups is 1. The van der Waals surface area contributed by atoms with Crippen LogP contribution < -0.4 is 4.90 Å². The third-order valence-electron chi connectivity index (χ3n) is 4.21. The Hall–Kier alpha value is -2.03. The predicted molar refractivity (Wildman–Crippen MR) is 103 cm³/mol. The summed E-state index contributed by atoms with van der Waals surface area (Å²) in [6, 6.07) is 0. The Morgan fingerprint density at radius 3 is 2.35 bits per heavy atom. The van der Waals surface area contributed by atoms with Crippen LogP contribution in [0, 0.1) is 0 Å². The summed E-state index contributed by atoms with van der Waals surface area (Å²) < 4.78 is 0. The van der Waals surface area contributed by atoms with Crippen molar-refractivity contribution >= 4 is 17.9 Å². The van der Waals surface area contributed by atoms with Crippen molar-refractivity contribution in [1.29, 1.82) is 0 Å². The van der Waals surface area contributed by atoms with Gasteiger partial charge < -0.3 is 19.8 Å². The van der Waals surface area contributed by atoms with Crippen LogP contribution in [0.2, 0.25) is 0 Å². The number of rotatable bonds is 7. The molecule has 1 aromatic rings.